The van der Waals surface area contributed by atoms with E-state index in [0.717, 1.165) is 30.5 Å². The molecule has 0 amide bonds. The van der Waals surface area contributed by atoms with Gasteiger partial charge in [0.15, 0.2) is 0 Å². The number of nitrogens with zero attached hydrogens (tertiary/aromatic N) is 1. The molecule has 1 aliphatic carbocycles. The molecule has 1 saturated carbocycles. The van der Waals surface area contributed by atoms with Crippen molar-refractivity contribution in [3.8, 4) is 11.3 Å². The van der Waals surface area contributed by atoms with Crippen molar-refractivity contribution in [1.82, 2.24) is 4.98 Å². The van der Waals surface area contributed by atoms with E-state index in [4.69, 9.17) is 0 Å². The Morgan fingerprint density at radius 2 is 1.77 bits per heavy atom. The summed E-state index contributed by atoms with van der Waals surface area (Å²) in [5, 5.41) is 0. The minimum Gasteiger partial charge on any atom is -0.299 e. The molecule has 0 bridgehead atoms. The largest absolute Gasteiger partial charge is 0.299 e. The first-order valence-corrected chi connectivity index (χ1v) is 8.36. The minimum absolute atomic E-state index is 0.316. The van der Waals surface area contributed by atoms with Crippen molar-refractivity contribution in [1.29, 1.82) is 0 Å². The predicted molar refractivity (Wildman–Crippen MR) is 89.6 cm³/mol. The molecule has 0 unspecified atom stereocenters. The highest BCUT2D eigenvalue weighted by Gasteiger charge is 2.20. The van der Waals surface area contributed by atoms with Crippen molar-refractivity contribution in [2.75, 3.05) is 0 Å². The second-order valence-electron chi connectivity index (χ2n) is 6.17. The van der Waals surface area contributed by atoms with Crippen molar-refractivity contribution < 1.29 is 4.79 Å². The predicted octanol–water partition coefficient (Wildman–Crippen LogP) is 4.83. The molecule has 0 aliphatic heterocycles. The topological polar surface area (TPSA) is 30.0 Å². The zero-order valence-electron chi connectivity index (χ0n) is 13.0. The van der Waals surface area contributed by atoms with Crippen LogP contribution in [0.2, 0.25) is 0 Å². The number of aryl methyl sites for hydroxylation is 1. The Hall–Kier alpha value is -1.96. The summed E-state index contributed by atoms with van der Waals surface area (Å²) < 4.78 is 0. The van der Waals surface area contributed by atoms with Crippen molar-refractivity contribution in [3.05, 3.63) is 54.2 Å². The summed E-state index contributed by atoms with van der Waals surface area (Å²) in [4.78, 5) is 16.8. The van der Waals surface area contributed by atoms with Crippen molar-refractivity contribution >= 4 is 5.78 Å². The number of benzene rings is 1. The van der Waals surface area contributed by atoms with Crippen LogP contribution in [0.1, 0.15) is 44.1 Å². The van der Waals surface area contributed by atoms with Gasteiger partial charge in [0.25, 0.3) is 0 Å². The lowest BCUT2D eigenvalue weighted by Gasteiger charge is -2.20. The summed E-state index contributed by atoms with van der Waals surface area (Å²) in [5.41, 5.74) is 3.37. The van der Waals surface area contributed by atoms with Gasteiger partial charge in [-0.1, -0.05) is 49.6 Å². The lowest BCUT2D eigenvalue weighted by Crippen LogP contribution is -2.18. The van der Waals surface area contributed by atoms with Crippen molar-refractivity contribution in [2.24, 2.45) is 5.92 Å². The fourth-order valence-electron chi connectivity index (χ4n) is 3.40. The molecule has 0 saturated heterocycles. The van der Waals surface area contributed by atoms with Gasteiger partial charge in [-0.25, -0.2) is 0 Å². The number of hydrogen-bond acceptors (Lipinski definition) is 2. The normalized spacial score (nSPS) is 15.6. The Morgan fingerprint density at radius 3 is 2.55 bits per heavy atom. The quantitative estimate of drug-likeness (QED) is 0.790. The van der Waals surface area contributed by atoms with Gasteiger partial charge in [0.05, 0.1) is 5.69 Å². The fraction of sp³-hybridized carbons (Fsp3) is 0.400. The molecular formula is C20H23NO. The van der Waals surface area contributed by atoms with Crippen LogP contribution in [0.4, 0.5) is 0 Å². The van der Waals surface area contributed by atoms with E-state index in [-0.39, 0.29) is 0 Å². The highest BCUT2D eigenvalue weighted by Crippen LogP contribution is 2.27. The monoisotopic (exact) mass is 293 g/mol. The van der Waals surface area contributed by atoms with Crippen LogP contribution in [0.25, 0.3) is 11.3 Å². The minimum atomic E-state index is 0.316. The van der Waals surface area contributed by atoms with Crippen LogP contribution in [-0.4, -0.2) is 10.8 Å². The summed E-state index contributed by atoms with van der Waals surface area (Å²) in [7, 11) is 0. The molecule has 3 rings (SSSR count). The van der Waals surface area contributed by atoms with Gasteiger partial charge >= 0.3 is 0 Å². The molecule has 1 aromatic carbocycles. The van der Waals surface area contributed by atoms with Crippen LogP contribution >= 0.6 is 0 Å². The van der Waals surface area contributed by atoms with Gasteiger partial charge in [-0.2, -0.15) is 0 Å². The summed E-state index contributed by atoms with van der Waals surface area (Å²) in [6, 6.07) is 14.3. The maximum absolute atomic E-state index is 12.4. The second kappa shape index (κ2) is 7.35. The SMILES string of the molecule is O=C(CCc1ccccc1-c1ccccn1)C1CCCCC1. The van der Waals surface area contributed by atoms with E-state index in [2.05, 4.69) is 17.1 Å². The lowest BCUT2D eigenvalue weighted by atomic mass is 9.84. The maximum atomic E-state index is 12.4. The van der Waals surface area contributed by atoms with E-state index < -0.39 is 0 Å². The van der Waals surface area contributed by atoms with Gasteiger partial charge in [0.1, 0.15) is 5.78 Å². The molecule has 0 N–H and O–H groups in total. The first-order valence-electron chi connectivity index (χ1n) is 8.36. The van der Waals surface area contributed by atoms with Crippen LogP contribution in [0, 0.1) is 5.92 Å². The van der Waals surface area contributed by atoms with E-state index in [1.807, 2.05) is 36.5 Å². The number of Topliss-reactive ketones (excluding diaryl/α,β-unsaturated/α-hetero) is 1. The molecule has 1 heterocycles. The van der Waals surface area contributed by atoms with Gasteiger partial charge in [0, 0.05) is 24.1 Å². The molecule has 114 valence electrons. The Kier molecular flexibility index (Phi) is 4.99. The van der Waals surface area contributed by atoms with E-state index in [0.29, 0.717) is 18.1 Å². The molecule has 2 aromatic rings. The molecule has 2 heteroatoms. The first-order chi connectivity index (χ1) is 10.8. The number of ketones is 1. The second-order valence-corrected chi connectivity index (χ2v) is 6.17. The third-order valence-corrected chi connectivity index (χ3v) is 4.66. The Labute approximate surface area is 132 Å². The number of hydrogen-bond donors (Lipinski definition) is 0. The van der Waals surface area contributed by atoms with Gasteiger partial charge < -0.3 is 0 Å². The zero-order chi connectivity index (χ0) is 15.2. The zero-order valence-corrected chi connectivity index (χ0v) is 13.0. The molecule has 1 aromatic heterocycles. The molecule has 2 nitrogen and oxygen atoms in total. The molecule has 0 radical (unpaired) electrons. The summed E-state index contributed by atoms with van der Waals surface area (Å²) >= 11 is 0. The Morgan fingerprint density at radius 1 is 1.00 bits per heavy atom. The molecular weight excluding hydrogens is 270 g/mol. The average molecular weight is 293 g/mol. The van der Waals surface area contributed by atoms with Crippen LogP contribution in [0.3, 0.4) is 0 Å². The molecule has 0 atom stereocenters. The van der Waals surface area contributed by atoms with Gasteiger partial charge in [-0.15, -0.1) is 0 Å². The van der Waals surface area contributed by atoms with Gasteiger partial charge in [0.2, 0.25) is 0 Å². The van der Waals surface area contributed by atoms with Crippen molar-refractivity contribution in [3.63, 3.8) is 0 Å². The fourth-order valence-corrected chi connectivity index (χ4v) is 3.40. The van der Waals surface area contributed by atoms with Gasteiger partial charge in [-0.3, -0.25) is 9.78 Å². The van der Waals surface area contributed by atoms with Crippen LogP contribution in [-0.2, 0) is 11.2 Å². The van der Waals surface area contributed by atoms with E-state index in [1.165, 1.54) is 24.8 Å². The van der Waals surface area contributed by atoms with Crippen LogP contribution in [0.5, 0.6) is 0 Å². The van der Waals surface area contributed by atoms with Crippen LogP contribution < -0.4 is 0 Å². The smallest absolute Gasteiger partial charge is 0.136 e. The third kappa shape index (κ3) is 3.62. The molecule has 1 aliphatic rings. The molecule has 22 heavy (non-hydrogen) atoms. The molecule has 0 spiro atoms. The van der Waals surface area contributed by atoms with Crippen LogP contribution in [0.15, 0.2) is 48.7 Å². The summed E-state index contributed by atoms with van der Waals surface area (Å²) in [6.07, 6.45) is 9.24. The number of pyridine rings is 1. The van der Waals surface area contributed by atoms with E-state index >= 15 is 0 Å². The number of carbonyl (C=O) groups excluding carboxylic acids is 1. The van der Waals surface area contributed by atoms with Crippen molar-refractivity contribution in [2.45, 2.75) is 44.9 Å². The number of aromatic nitrogens is 1. The Bertz CT molecular complexity index is 615. The summed E-state index contributed by atoms with van der Waals surface area (Å²) in [5.74, 6) is 0.770. The standard InChI is InChI=1S/C20H23NO/c22-20(17-9-2-1-3-10-17)14-13-16-8-4-5-11-18(16)19-12-6-7-15-21-19/h4-8,11-12,15,17H,1-3,9-10,13-14H2. The average Bonchev–Trinajstić information content (AvgIpc) is 2.61. The van der Waals surface area contributed by atoms with E-state index in [9.17, 15) is 4.79 Å². The molecule has 1 fully saturated rings. The highest BCUT2D eigenvalue weighted by atomic mass is 16.1. The van der Waals surface area contributed by atoms with E-state index in [1.54, 1.807) is 0 Å². The maximum Gasteiger partial charge on any atom is 0.136 e. The first kappa shape index (κ1) is 15.0. The third-order valence-electron chi connectivity index (χ3n) is 4.66. The highest BCUT2D eigenvalue weighted by molar-refractivity contribution is 5.81. The Balaban J connectivity index is 1.69. The summed E-state index contributed by atoms with van der Waals surface area (Å²) in [6.45, 7) is 0. The lowest BCUT2D eigenvalue weighted by molar-refractivity contribution is -0.123. The van der Waals surface area contributed by atoms with Gasteiger partial charge in [-0.05, 0) is 37.0 Å². The number of carbonyl (C=O) groups is 1. The number of rotatable bonds is 5.